The van der Waals surface area contributed by atoms with Gasteiger partial charge in [0.05, 0.1) is 17.3 Å². The van der Waals surface area contributed by atoms with Gasteiger partial charge in [-0.2, -0.15) is 5.10 Å². The molecule has 3 heterocycles. The van der Waals surface area contributed by atoms with Crippen molar-refractivity contribution in [3.05, 3.63) is 41.2 Å². The zero-order valence-corrected chi connectivity index (χ0v) is 28.5. The van der Waals surface area contributed by atoms with Crippen molar-refractivity contribution in [2.45, 2.75) is 90.5 Å². The molecule has 1 aliphatic carbocycles. The fourth-order valence-corrected chi connectivity index (χ4v) is 6.59. The maximum atomic E-state index is 13.8. The molecular weight excluding hydrogens is 596 g/mol. The molecular formula is C32H43ClN6O4Si. The first-order chi connectivity index (χ1) is 20.7. The lowest BCUT2D eigenvalue weighted by Crippen LogP contribution is -2.33. The van der Waals surface area contributed by atoms with Gasteiger partial charge in [0, 0.05) is 50.8 Å². The molecule has 3 aromatic heterocycles. The van der Waals surface area contributed by atoms with E-state index in [1.165, 1.54) is 0 Å². The lowest BCUT2D eigenvalue weighted by molar-refractivity contribution is -0.155. The van der Waals surface area contributed by atoms with E-state index in [0.29, 0.717) is 46.2 Å². The van der Waals surface area contributed by atoms with Crippen LogP contribution >= 0.6 is 11.6 Å². The van der Waals surface area contributed by atoms with Crippen molar-refractivity contribution in [2.75, 3.05) is 6.61 Å². The summed E-state index contributed by atoms with van der Waals surface area (Å²) in [5.41, 5.74) is 3.10. The van der Waals surface area contributed by atoms with Crippen LogP contribution in [0.5, 0.6) is 0 Å². The second kappa shape index (κ2) is 12.6. The van der Waals surface area contributed by atoms with E-state index in [0.717, 1.165) is 36.2 Å². The Hall–Kier alpha value is -3.28. The van der Waals surface area contributed by atoms with E-state index in [4.69, 9.17) is 36.1 Å². The number of carbonyl (C=O) groups excluding carboxylic acids is 2. The third-order valence-electron chi connectivity index (χ3n) is 7.84. The molecule has 1 amide bonds. The molecule has 0 radical (unpaired) electrons. The highest BCUT2D eigenvalue weighted by Crippen LogP contribution is 2.32. The maximum Gasteiger partial charge on any atom is 0.306 e. The molecule has 44 heavy (non-hydrogen) atoms. The number of hydrogen-bond acceptors (Lipinski definition) is 7. The largest absolute Gasteiger partial charge is 0.460 e. The topological polar surface area (TPSA) is 113 Å². The molecule has 0 aliphatic heterocycles. The monoisotopic (exact) mass is 638 g/mol. The van der Waals surface area contributed by atoms with E-state index >= 15 is 0 Å². The van der Waals surface area contributed by atoms with Crippen molar-refractivity contribution in [3.8, 4) is 11.4 Å². The van der Waals surface area contributed by atoms with Gasteiger partial charge in [0.2, 0.25) is 0 Å². The number of halogens is 1. The molecule has 0 spiro atoms. The van der Waals surface area contributed by atoms with Crippen LogP contribution in [0.25, 0.3) is 33.5 Å². The Morgan fingerprint density at radius 2 is 1.95 bits per heavy atom. The minimum atomic E-state index is -1.25. The van der Waals surface area contributed by atoms with Crippen LogP contribution in [0.3, 0.4) is 0 Å². The molecule has 1 aromatic carbocycles. The third-order valence-corrected chi connectivity index (χ3v) is 9.78. The lowest BCUT2D eigenvalue weighted by Gasteiger charge is -2.20. The van der Waals surface area contributed by atoms with Gasteiger partial charge in [-0.3, -0.25) is 14.3 Å². The van der Waals surface area contributed by atoms with Crippen molar-refractivity contribution in [1.82, 2.24) is 29.6 Å². The summed E-state index contributed by atoms with van der Waals surface area (Å²) in [5.74, 6) is -0.240. The molecule has 1 saturated carbocycles. The zero-order chi connectivity index (χ0) is 31.8. The fourth-order valence-electron chi connectivity index (χ4n) is 5.66. The number of esters is 1. The van der Waals surface area contributed by atoms with Crippen LogP contribution < -0.4 is 5.32 Å². The predicted octanol–water partition coefficient (Wildman–Crippen LogP) is 6.58. The van der Waals surface area contributed by atoms with Gasteiger partial charge < -0.3 is 19.4 Å². The highest BCUT2D eigenvalue weighted by molar-refractivity contribution is 6.76. The van der Waals surface area contributed by atoms with Crippen LogP contribution in [-0.4, -0.2) is 62.5 Å². The summed E-state index contributed by atoms with van der Waals surface area (Å²) in [7, 11) is 0.608. The van der Waals surface area contributed by atoms with Crippen molar-refractivity contribution >= 4 is 53.6 Å². The van der Waals surface area contributed by atoms with Gasteiger partial charge in [0.15, 0.2) is 5.65 Å². The SMILES string of the molecule is Cn1nc(-c2cnc3c(n2)c(C(=O)NC2CCC(CC(=O)OC(C)(C)C)C2)cn3COCC[Si](C)(C)C)c2ccc(Cl)cc21. The lowest BCUT2D eigenvalue weighted by atomic mass is 10.0. The van der Waals surface area contributed by atoms with Crippen LogP contribution in [-0.2, 0) is 28.0 Å². The number of hydrogen-bond donors (Lipinski definition) is 1. The van der Waals surface area contributed by atoms with Gasteiger partial charge in [0.25, 0.3) is 5.91 Å². The molecule has 0 saturated heterocycles. The highest BCUT2D eigenvalue weighted by Gasteiger charge is 2.30. The van der Waals surface area contributed by atoms with E-state index in [1.54, 1.807) is 17.1 Å². The van der Waals surface area contributed by atoms with Crippen LogP contribution in [0.15, 0.2) is 30.6 Å². The number of amides is 1. The Kier molecular flexibility index (Phi) is 9.20. The number of aromatic nitrogens is 5. The average Bonchev–Trinajstić information content (AvgIpc) is 3.60. The quantitative estimate of drug-likeness (QED) is 0.119. The Morgan fingerprint density at radius 3 is 2.68 bits per heavy atom. The van der Waals surface area contributed by atoms with E-state index < -0.39 is 13.7 Å². The minimum Gasteiger partial charge on any atom is -0.460 e. The van der Waals surface area contributed by atoms with Gasteiger partial charge in [-0.15, -0.1) is 0 Å². The van der Waals surface area contributed by atoms with E-state index in [-0.39, 0.29) is 30.6 Å². The van der Waals surface area contributed by atoms with Crippen molar-refractivity contribution in [1.29, 1.82) is 0 Å². The normalized spacial score (nSPS) is 17.5. The van der Waals surface area contributed by atoms with Crippen LogP contribution in [0, 0.1) is 5.92 Å². The summed E-state index contributed by atoms with van der Waals surface area (Å²) < 4.78 is 15.2. The fraction of sp³-hybridized carbons (Fsp3) is 0.531. The zero-order valence-electron chi connectivity index (χ0n) is 26.7. The molecule has 1 fully saturated rings. The first kappa shape index (κ1) is 32.1. The molecule has 1 aliphatic rings. The number of benzene rings is 1. The van der Waals surface area contributed by atoms with E-state index in [2.05, 4.69) is 25.0 Å². The summed E-state index contributed by atoms with van der Waals surface area (Å²) in [5, 5.41) is 9.42. The first-order valence-electron chi connectivity index (χ1n) is 15.3. The standard InChI is InChI=1S/C32H43ClN6O4Si/c1-32(2,3)43-27(40)15-20-8-10-22(14-20)35-31(41)24-18-39(19-42-12-13-44(5,6)7)30-29(24)36-25(17-34-30)28-23-11-9-21(33)16-26(23)38(4)37-28/h9,11,16-18,20,22H,8,10,12-15,19H2,1-7H3,(H,35,41). The van der Waals surface area contributed by atoms with Crippen molar-refractivity contribution in [3.63, 3.8) is 0 Å². The second-order valence-corrected chi connectivity index (χ2v) is 20.1. The molecule has 2 unspecified atom stereocenters. The summed E-state index contributed by atoms with van der Waals surface area (Å²) in [6, 6.07) is 6.61. The van der Waals surface area contributed by atoms with Gasteiger partial charge in [-0.25, -0.2) is 9.97 Å². The Balaban J connectivity index is 1.40. The van der Waals surface area contributed by atoms with Crippen LogP contribution in [0.1, 0.15) is 56.8 Å². The van der Waals surface area contributed by atoms with Gasteiger partial charge in [-0.05, 0) is 70.2 Å². The Labute approximate surface area is 264 Å². The number of nitrogens with one attached hydrogen (secondary N) is 1. The van der Waals surface area contributed by atoms with Crippen LogP contribution in [0.4, 0.5) is 0 Å². The number of rotatable bonds is 10. The molecule has 12 heteroatoms. The molecule has 1 N–H and O–H groups in total. The number of carbonyl (C=O) groups is 2. The molecule has 236 valence electrons. The predicted molar refractivity (Wildman–Crippen MR) is 175 cm³/mol. The summed E-state index contributed by atoms with van der Waals surface area (Å²) in [4.78, 5) is 35.8. The summed E-state index contributed by atoms with van der Waals surface area (Å²) in [6.45, 7) is 13.5. The number of aryl methyl sites for hydroxylation is 1. The molecule has 5 rings (SSSR count). The maximum absolute atomic E-state index is 13.8. The molecule has 10 nitrogen and oxygen atoms in total. The van der Waals surface area contributed by atoms with Gasteiger partial charge in [0.1, 0.15) is 29.2 Å². The number of fused-ring (bicyclic) bond motifs is 2. The smallest absolute Gasteiger partial charge is 0.306 e. The number of ether oxygens (including phenoxy) is 2. The highest BCUT2D eigenvalue weighted by atomic mass is 35.5. The van der Waals surface area contributed by atoms with Crippen LogP contribution in [0.2, 0.25) is 30.7 Å². The van der Waals surface area contributed by atoms with Crippen molar-refractivity contribution < 1.29 is 19.1 Å². The van der Waals surface area contributed by atoms with E-state index in [1.807, 2.05) is 50.6 Å². The first-order valence-corrected chi connectivity index (χ1v) is 19.3. The molecule has 4 aromatic rings. The second-order valence-electron chi connectivity index (χ2n) is 14.1. The van der Waals surface area contributed by atoms with Gasteiger partial charge in [-0.1, -0.05) is 31.2 Å². The molecule has 2 atom stereocenters. The van der Waals surface area contributed by atoms with Gasteiger partial charge >= 0.3 is 5.97 Å². The number of nitrogens with zero attached hydrogens (tertiary/aromatic N) is 5. The summed E-state index contributed by atoms with van der Waals surface area (Å²) in [6.07, 6.45) is 6.21. The summed E-state index contributed by atoms with van der Waals surface area (Å²) >= 11 is 6.24. The third kappa shape index (κ3) is 7.67. The molecule has 0 bridgehead atoms. The minimum absolute atomic E-state index is 0.0399. The Morgan fingerprint density at radius 1 is 1.18 bits per heavy atom. The average molecular weight is 639 g/mol. The Bertz CT molecular complexity index is 1690. The van der Waals surface area contributed by atoms with Crippen molar-refractivity contribution in [2.24, 2.45) is 13.0 Å². The van der Waals surface area contributed by atoms with E-state index in [9.17, 15) is 9.59 Å².